The second-order valence-electron chi connectivity index (χ2n) is 3.53. The average molecular weight is 175 g/mol. The Morgan fingerprint density at radius 1 is 1.38 bits per heavy atom. The van der Waals surface area contributed by atoms with Crippen LogP contribution in [0, 0.1) is 0 Å². The number of hydrogen-bond donors (Lipinski definition) is 0. The van der Waals surface area contributed by atoms with Crippen LogP contribution in [0.2, 0.25) is 0 Å². The van der Waals surface area contributed by atoms with Gasteiger partial charge in [0, 0.05) is 13.2 Å². The van der Waals surface area contributed by atoms with Gasteiger partial charge in [-0.3, -0.25) is 9.67 Å². The molecule has 0 atom stereocenters. The molecule has 0 aliphatic heterocycles. The van der Waals surface area contributed by atoms with E-state index >= 15 is 0 Å². The van der Waals surface area contributed by atoms with E-state index in [1.165, 1.54) is 5.69 Å². The maximum Gasteiger partial charge on any atom is 0.112 e. The first-order valence-electron chi connectivity index (χ1n) is 4.47. The number of pyridine rings is 1. The third kappa shape index (κ3) is 1.20. The van der Waals surface area contributed by atoms with Gasteiger partial charge in [0.05, 0.1) is 5.69 Å². The molecule has 0 aliphatic rings. The Morgan fingerprint density at radius 2 is 2.15 bits per heavy atom. The first-order chi connectivity index (χ1) is 6.20. The van der Waals surface area contributed by atoms with Crippen LogP contribution in [0.1, 0.15) is 25.5 Å². The van der Waals surface area contributed by atoms with Gasteiger partial charge < -0.3 is 0 Å². The molecule has 0 saturated heterocycles. The van der Waals surface area contributed by atoms with Crippen LogP contribution in [0.4, 0.5) is 0 Å². The minimum Gasteiger partial charge on any atom is -0.270 e. The zero-order valence-electron chi connectivity index (χ0n) is 8.15. The standard InChI is InChI=1S/C10H13N3/c1-7(2)10-9-8(12-13(10)3)5-4-6-11-9/h4-7H,1-3H3. The first kappa shape index (κ1) is 8.23. The third-order valence-electron chi connectivity index (χ3n) is 2.18. The van der Waals surface area contributed by atoms with Crippen molar-refractivity contribution in [2.24, 2.45) is 7.05 Å². The second-order valence-corrected chi connectivity index (χ2v) is 3.53. The van der Waals surface area contributed by atoms with Crippen LogP contribution < -0.4 is 0 Å². The Morgan fingerprint density at radius 3 is 2.85 bits per heavy atom. The van der Waals surface area contributed by atoms with E-state index in [1.54, 1.807) is 0 Å². The molecule has 3 nitrogen and oxygen atoms in total. The predicted octanol–water partition coefficient (Wildman–Crippen LogP) is 2.09. The van der Waals surface area contributed by atoms with E-state index in [-0.39, 0.29) is 0 Å². The highest BCUT2D eigenvalue weighted by Crippen LogP contribution is 2.21. The summed E-state index contributed by atoms with van der Waals surface area (Å²) < 4.78 is 1.92. The van der Waals surface area contributed by atoms with Gasteiger partial charge in [0.25, 0.3) is 0 Å². The van der Waals surface area contributed by atoms with Crippen molar-refractivity contribution in [2.75, 3.05) is 0 Å². The van der Waals surface area contributed by atoms with Crippen LogP contribution in [-0.4, -0.2) is 14.8 Å². The summed E-state index contributed by atoms with van der Waals surface area (Å²) in [4.78, 5) is 4.34. The van der Waals surface area contributed by atoms with Gasteiger partial charge >= 0.3 is 0 Å². The maximum atomic E-state index is 4.39. The van der Waals surface area contributed by atoms with E-state index in [0.717, 1.165) is 11.0 Å². The van der Waals surface area contributed by atoms with Gasteiger partial charge in [-0.05, 0) is 18.1 Å². The van der Waals surface area contributed by atoms with Crippen LogP contribution in [0.15, 0.2) is 18.3 Å². The highest BCUT2D eigenvalue weighted by atomic mass is 15.3. The highest BCUT2D eigenvalue weighted by molar-refractivity contribution is 5.77. The van der Waals surface area contributed by atoms with E-state index in [2.05, 4.69) is 23.9 Å². The lowest BCUT2D eigenvalue weighted by Crippen LogP contribution is -2.00. The predicted molar refractivity (Wildman–Crippen MR) is 52.6 cm³/mol. The Kier molecular flexibility index (Phi) is 1.79. The van der Waals surface area contributed by atoms with Gasteiger partial charge in [0.15, 0.2) is 0 Å². The normalized spacial score (nSPS) is 11.4. The molecule has 0 saturated carbocycles. The molecule has 0 aliphatic carbocycles. The Hall–Kier alpha value is -1.38. The van der Waals surface area contributed by atoms with E-state index in [4.69, 9.17) is 0 Å². The largest absolute Gasteiger partial charge is 0.270 e. The molecule has 2 rings (SSSR count). The molecule has 0 amide bonds. The van der Waals surface area contributed by atoms with Gasteiger partial charge in [-0.25, -0.2) is 0 Å². The molecular weight excluding hydrogens is 162 g/mol. The van der Waals surface area contributed by atoms with Crippen molar-refractivity contribution in [1.29, 1.82) is 0 Å². The lowest BCUT2D eigenvalue weighted by Gasteiger charge is -2.04. The summed E-state index contributed by atoms with van der Waals surface area (Å²) in [5, 5.41) is 4.39. The fourth-order valence-electron chi connectivity index (χ4n) is 1.69. The average Bonchev–Trinajstić information content (AvgIpc) is 2.39. The van der Waals surface area contributed by atoms with Crippen molar-refractivity contribution in [2.45, 2.75) is 19.8 Å². The first-order valence-corrected chi connectivity index (χ1v) is 4.47. The smallest absolute Gasteiger partial charge is 0.112 e. The van der Waals surface area contributed by atoms with E-state index in [1.807, 2.05) is 30.1 Å². The van der Waals surface area contributed by atoms with Crippen molar-refractivity contribution >= 4 is 11.0 Å². The number of aromatic nitrogens is 3. The zero-order chi connectivity index (χ0) is 9.42. The number of nitrogens with zero attached hydrogens (tertiary/aromatic N) is 3. The molecule has 13 heavy (non-hydrogen) atoms. The second kappa shape index (κ2) is 2.83. The maximum absolute atomic E-state index is 4.39. The fraction of sp³-hybridized carbons (Fsp3) is 0.400. The topological polar surface area (TPSA) is 30.7 Å². The van der Waals surface area contributed by atoms with Crippen molar-refractivity contribution in [3.63, 3.8) is 0 Å². The molecular formula is C10H13N3. The molecule has 0 spiro atoms. The lowest BCUT2D eigenvalue weighted by atomic mass is 10.1. The van der Waals surface area contributed by atoms with Gasteiger partial charge in [0.2, 0.25) is 0 Å². The van der Waals surface area contributed by atoms with Crippen molar-refractivity contribution in [3.05, 3.63) is 24.0 Å². The minimum atomic E-state index is 0.463. The van der Waals surface area contributed by atoms with Crippen LogP contribution in [0.3, 0.4) is 0 Å². The van der Waals surface area contributed by atoms with Gasteiger partial charge in [-0.2, -0.15) is 5.10 Å². The van der Waals surface area contributed by atoms with Gasteiger partial charge in [0.1, 0.15) is 11.0 Å². The molecule has 2 heterocycles. The van der Waals surface area contributed by atoms with Crippen molar-refractivity contribution < 1.29 is 0 Å². The molecule has 3 heteroatoms. The Balaban J connectivity index is 2.78. The highest BCUT2D eigenvalue weighted by Gasteiger charge is 2.11. The van der Waals surface area contributed by atoms with Crippen LogP contribution >= 0.6 is 0 Å². The summed E-state index contributed by atoms with van der Waals surface area (Å²) in [7, 11) is 1.97. The molecule has 0 radical (unpaired) electrons. The number of rotatable bonds is 1. The monoisotopic (exact) mass is 175 g/mol. The van der Waals surface area contributed by atoms with Crippen LogP contribution in [-0.2, 0) is 7.05 Å². The molecule has 0 N–H and O–H groups in total. The summed E-state index contributed by atoms with van der Waals surface area (Å²) in [6.45, 7) is 4.32. The molecule has 2 aromatic rings. The Labute approximate surface area is 77.4 Å². The van der Waals surface area contributed by atoms with Crippen molar-refractivity contribution in [3.8, 4) is 0 Å². The van der Waals surface area contributed by atoms with Crippen LogP contribution in [0.25, 0.3) is 11.0 Å². The summed E-state index contributed by atoms with van der Waals surface area (Å²) in [6, 6.07) is 3.91. The summed E-state index contributed by atoms with van der Waals surface area (Å²) in [6.07, 6.45) is 1.82. The number of fused-ring (bicyclic) bond motifs is 1. The molecule has 2 aromatic heterocycles. The molecule has 0 bridgehead atoms. The summed E-state index contributed by atoms with van der Waals surface area (Å²) >= 11 is 0. The van der Waals surface area contributed by atoms with Crippen molar-refractivity contribution in [1.82, 2.24) is 14.8 Å². The minimum absolute atomic E-state index is 0.463. The van der Waals surface area contributed by atoms with Crippen LogP contribution in [0.5, 0.6) is 0 Å². The molecule has 0 unspecified atom stereocenters. The quantitative estimate of drug-likeness (QED) is 0.664. The third-order valence-corrected chi connectivity index (χ3v) is 2.18. The van der Waals surface area contributed by atoms with E-state index in [0.29, 0.717) is 5.92 Å². The number of hydrogen-bond acceptors (Lipinski definition) is 2. The van der Waals surface area contributed by atoms with E-state index in [9.17, 15) is 0 Å². The SMILES string of the molecule is CC(C)c1c2ncccc2nn1C. The zero-order valence-corrected chi connectivity index (χ0v) is 8.15. The molecule has 0 fully saturated rings. The Bertz CT molecular complexity index is 429. The lowest BCUT2D eigenvalue weighted by molar-refractivity contribution is 0.676. The van der Waals surface area contributed by atoms with Gasteiger partial charge in [-0.15, -0.1) is 0 Å². The summed E-state index contributed by atoms with van der Waals surface area (Å²) in [5.41, 5.74) is 3.21. The fourth-order valence-corrected chi connectivity index (χ4v) is 1.69. The number of aryl methyl sites for hydroxylation is 1. The molecule has 0 aromatic carbocycles. The summed E-state index contributed by atoms with van der Waals surface area (Å²) in [5.74, 6) is 0.463. The van der Waals surface area contributed by atoms with Gasteiger partial charge in [-0.1, -0.05) is 13.8 Å². The van der Waals surface area contributed by atoms with E-state index < -0.39 is 0 Å². The molecule has 68 valence electrons.